The second-order valence-electron chi connectivity index (χ2n) is 11.0. The third-order valence-corrected chi connectivity index (χ3v) is 8.60. The van der Waals surface area contributed by atoms with Gasteiger partial charge in [-0.3, -0.25) is 0 Å². The van der Waals surface area contributed by atoms with Crippen molar-refractivity contribution < 1.29 is 22.7 Å². The number of benzene rings is 3. The van der Waals surface area contributed by atoms with E-state index in [2.05, 4.69) is 62.1 Å². The van der Waals surface area contributed by atoms with Crippen LogP contribution in [0.2, 0.25) is 0 Å². The number of thioether (sulfide) groups is 1. The minimum absolute atomic E-state index is 0.00594. The molecule has 236 valence electrons. The number of rotatable bonds is 9. The van der Waals surface area contributed by atoms with Gasteiger partial charge in [0.25, 0.3) is 0 Å². The highest BCUT2D eigenvalue weighted by molar-refractivity contribution is 8.14. The van der Waals surface area contributed by atoms with Crippen LogP contribution >= 0.6 is 11.8 Å². The van der Waals surface area contributed by atoms with Crippen LogP contribution in [0.4, 0.5) is 23.7 Å². The van der Waals surface area contributed by atoms with Crippen molar-refractivity contribution in [3.8, 4) is 22.8 Å². The molecule has 0 bridgehead atoms. The number of hydrogen-bond acceptors (Lipinski definition) is 5. The van der Waals surface area contributed by atoms with Gasteiger partial charge < -0.3 is 15.0 Å². The predicted molar refractivity (Wildman–Crippen MR) is 172 cm³/mol. The fourth-order valence-electron chi connectivity index (χ4n) is 5.11. The first-order chi connectivity index (χ1) is 21.5. The van der Waals surface area contributed by atoms with Gasteiger partial charge in [0.2, 0.25) is 0 Å². The van der Waals surface area contributed by atoms with E-state index >= 15 is 0 Å². The predicted octanol–water partition coefficient (Wildman–Crippen LogP) is 7.90. The van der Waals surface area contributed by atoms with E-state index in [1.807, 2.05) is 38.1 Å². The van der Waals surface area contributed by atoms with Crippen LogP contribution in [0.15, 0.2) is 78.0 Å². The Hall–Kier alpha value is -4.32. The number of halogens is 3. The number of alkyl halides is 3. The molecule has 45 heavy (non-hydrogen) atoms. The fraction of sp³-hybridized carbons (Fsp3) is 0.333. The Bertz CT molecular complexity index is 1650. The van der Waals surface area contributed by atoms with Gasteiger partial charge in [-0.15, -0.1) is 18.3 Å². The first kappa shape index (κ1) is 32.1. The van der Waals surface area contributed by atoms with E-state index in [1.54, 1.807) is 11.8 Å². The van der Waals surface area contributed by atoms with Crippen LogP contribution in [-0.2, 0) is 6.42 Å². The first-order valence-electron chi connectivity index (χ1n) is 14.8. The van der Waals surface area contributed by atoms with Gasteiger partial charge in [-0.05, 0) is 67.3 Å². The van der Waals surface area contributed by atoms with Crippen molar-refractivity contribution in [3.63, 3.8) is 0 Å². The molecule has 0 spiro atoms. The SMILES string of the molecule is CCCc1ccc(C)cc1N1CCSC1=NC(=O)NC(C)C(C)c1ccc(-c2ncn(-c3ccc(OC(F)(F)F)cc3)n2)cc1. The van der Waals surface area contributed by atoms with E-state index in [0.717, 1.165) is 47.1 Å². The summed E-state index contributed by atoms with van der Waals surface area (Å²) in [5.74, 6) is 1.04. The molecule has 2 unspecified atom stereocenters. The van der Waals surface area contributed by atoms with Gasteiger partial charge in [-0.1, -0.05) is 68.4 Å². The minimum atomic E-state index is -4.75. The molecule has 8 nitrogen and oxygen atoms in total. The van der Waals surface area contributed by atoms with Crippen LogP contribution in [0, 0.1) is 6.92 Å². The van der Waals surface area contributed by atoms with Crippen LogP contribution in [-0.4, -0.2) is 50.7 Å². The lowest BCUT2D eigenvalue weighted by Gasteiger charge is -2.23. The summed E-state index contributed by atoms with van der Waals surface area (Å²) in [6, 6.07) is 19.1. The molecule has 1 saturated heterocycles. The highest BCUT2D eigenvalue weighted by atomic mass is 32.2. The van der Waals surface area contributed by atoms with Crippen molar-refractivity contribution in [2.24, 2.45) is 4.99 Å². The van der Waals surface area contributed by atoms with Crippen molar-refractivity contribution >= 4 is 28.6 Å². The minimum Gasteiger partial charge on any atom is -0.406 e. The molecule has 2 amide bonds. The summed E-state index contributed by atoms with van der Waals surface area (Å²) >= 11 is 1.60. The average molecular weight is 637 g/mol. The number of carbonyl (C=O) groups excluding carboxylic acids is 1. The number of aryl methyl sites for hydroxylation is 2. The summed E-state index contributed by atoms with van der Waals surface area (Å²) in [6.07, 6.45) is -1.24. The summed E-state index contributed by atoms with van der Waals surface area (Å²) in [5, 5.41) is 8.23. The zero-order valence-electron chi connectivity index (χ0n) is 25.5. The van der Waals surface area contributed by atoms with Crippen LogP contribution in [0.3, 0.4) is 0 Å². The molecule has 4 aromatic rings. The number of amidine groups is 1. The maximum atomic E-state index is 13.0. The molecule has 1 aliphatic heterocycles. The lowest BCUT2D eigenvalue weighted by atomic mass is 9.93. The van der Waals surface area contributed by atoms with Crippen LogP contribution in [0.1, 0.15) is 49.8 Å². The number of hydrogen-bond donors (Lipinski definition) is 1. The zero-order valence-corrected chi connectivity index (χ0v) is 26.3. The molecular weight excluding hydrogens is 601 g/mol. The average Bonchev–Trinajstić information content (AvgIpc) is 3.68. The van der Waals surface area contributed by atoms with E-state index in [1.165, 1.54) is 46.4 Å². The third-order valence-electron chi connectivity index (χ3n) is 7.65. The molecule has 1 aliphatic rings. The highest BCUT2D eigenvalue weighted by Crippen LogP contribution is 2.31. The van der Waals surface area contributed by atoms with E-state index in [4.69, 9.17) is 0 Å². The molecule has 0 saturated carbocycles. The smallest absolute Gasteiger partial charge is 0.406 e. The molecule has 1 aromatic heterocycles. The Morgan fingerprint density at radius 1 is 1.09 bits per heavy atom. The number of carbonyl (C=O) groups is 1. The number of nitrogens with one attached hydrogen (secondary N) is 1. The maximum Gasteiger partial charge on any atom is 0.573 e. The third kappa shape index (κ3) is 8.05. The van der Waals surface area contributed by atoms with Gasteiger partial charge in [0.05, 0.1) is 5.69 Å². The number of amides is 2. The zero-order chi connectivity index (χ0) is 32.1. The molecule has 1 N–H and O–H groups in total. The second kappa shape index (κ2) is 13.8. The normalized spacial score (nSPS) is 15.7. The van der Waals surface area contributed by atoms with Crippen molar-refractivity contribution in [2.45, 2.75) is 58.9 Å². The number of aliphatic imine (C=N–C) groups is 1. The molecule has 3 aromatic carbocycles. The summed E-state index contributed by atoms with van der Waals surface area (Å²) < 4.78 is 42.7. The largest absolute Gasteiger partial charge is 0.573 e. The van der Waals surface area contributed by atoms with Gasteiger partial charge in [-0.25, -0.2) is 14.5 Å². The topological polar surface area (TPSA) is 84.6 Å². The van der Waals surface area contributed by atoms with E-state index in [9.17, 15) is 18.0 Å². The summed E-state index contributed by atoms with van der Waals surface area (Å²) in [6.45, 7) is 9.06. The standard InChI is InChI=1S/C33H35F3N6O2S/c1-5-6-25-8-7-21(2)19-29(25)41-17-18-45-32(41)39-31(43)38-23(4)22(3)24-9-11-26(12-10-24)30-37-20-42(40-30)27-13-15-28(16-14-27)44-33(34,35)36/h7-16,19-20,22-23H,5-6,17-18H2,1-4H3,(H,38,43). The van der Waals surface area contributed by atoms with Crippen LogP contribution < -0.4 is 15.0 Å². The van der Waals surface area contributed by atoms with Gasteiger partial charge in [0.15, 0.2) is 11.0 Å². The van der Waals surface area contributed by atoms with E-state index in [-0.39, 0.29) is 23.7 Å². The van der Waals surface area contributed by atoms with Crippen LogP contribution in [0.25, 0.3) is 17.1 Å². The Balaban J connectivity index is 1.21. The molecule has 0 radical (unpaired) electrons. The molecule has 0 aliphatic carbocycles. The molecular formula is C33H35F3N6O2S. The van der Waals surface area contributed by atoms with Gasteiger partial charge in [-0.2, -0.15) is 4.99 Å². The number of anilines is 1. The lowest BCUT2D eigenvalue weighted by molar-refractivity contribution is -0.274. The van der Waals surface area contributed by atoms with Crippen LogP contribution in [0.5, 0.6) is 5.75 Å². The maximum absolute atomic E-state index is 13.0. The number of ether oxygens (including phenoxy) is 1. The summed E-state index contributed by atoms with van der Waals surface area (Å²) in [7, 11) is 0. The number of urea groups is 1. The fourth-order valence-corrected chi connectivity index (χ4v) is 6.06. The first-order valence-corrected chi connectivity index (χ1v) is 15.8. The van der Waals surface area contributed by atoms with Gasteiger partial charge >= 0.3 is 12.4 Å². The second-order valence-corrected chi connectivity index (χ2v) is 12.0. The number of aromatic nitrogens is 3. The lowest BCUT2D eigenvalue weighted by Crippen LogP contribution is -2.36. The molecule has 12 heteroatoms. The Kier molecular flexibility index (Phi) is 9.81. The van der Waals surface area contributed by atoms with Crippen molar-refractivity contribution in [3.05, 3.63) is 89.7 Å². The molecule has 1 fully saturated rings. The summed E-state index contributed by atoms with van der Waals surface area (Å²) in [5.41, 5.74) is 5.92. The Morgan fingerprint density at radius 2 is 1.82 bits per heavy atom. The van der Waals surface area contributed by atoms with Crippen molar-refractivity contribution in [2.75, 3.05) is 17.2 Å². The van der Waals surface area contributed by atoms with E-state index < -0.39 is 6.36 Å². The highest BCUT2D eigenvalue weighted by Gasteiger charge is 2.31. The van der Waals surface area contributed by atoms with Gasteiger partial charge in [0.1, 0.15) is 12.1 Å². The van der Waals surface area contributed by atoms with Gasteiger partial charge in [0, 0.05) is 35.5 Å². The van der Waals surface area contributed by atoms with Crippen molar-refractivity contribution in [1.82, 2.24) is 20.1 Å². The van der Waals surface area contributed by atoms with Crippen molar-refractivity contribution in [1.29, 1.82) is 0 Å². The molecule has 2 atom stereocenters. The summed E-state index contributed by atoms with van der Waals surface area (Å²) in [4.78, 5) is 24.0. The molecule has 5 rings (SSSR count). The Morgan fingerprint density at radius 3 is 2.51 bits per heavy atom. The Labute approximate surface area is 264 Å². The number of nitrogens with zero attached hydrogens (tertiary/aromatic N) is 5. The quantitative estimate of drug-likeness (QED) is 0.201. The monoisotopic (exact) mass is 636 g/mol. The van der Waals surface area contributed by atoms with E-state index in [0.29, 0.717) is 11.5 Å². The molecule has 2 heterocycles.